The number of pyridine rings is 1. The maximum Gasteiger partial charge on any atom is 0.387 e. The van der Waals surface area contributed by atoms with Crippen LogP contribution in [0, 0.1) is 13.8 Å². The summed E-state index contributed by atoms with van der Waals surface area (Å²) < 4.78 is 36.0. The van der Waals surface area contributed by atoms with Crippen LogP contribution in [0.5, 0.6) is 5.75 Å². The summed E-state index contributed by atoms with van der Waals surface area (Å²) in [6.45, 7) is 0.629. The summed E-state index contributed by atoms with van der Waals surface area (Å²) in [5.41, 5.74) is 2.83. The van der Waals surface area contributed by atoms with Crippen LogP contribution in [-0.4, -0.2) is 17.5 Å². The Morgan fingerprint density at radius 3 is 2.72 bits per heavy atom. The molecule has 4 aromatic rings. The lowest BCUT2D eigenvalue weighted by atomic mass is 10.0. The van der Waals surface area contributed by atoms with Crippen molar-refractivity contribution in [3.63, 3.8) is 0 Å². The zero-order valence-electron chi connectivity index (χ0n) is 15.4. The summed E-state index contributed by atoms with van der Waals surface area (Å²) >= 11 is 6.16. The minimum atomic E-state index is -3.02. The van der Waals surface area contributed by atoms with Crippen molar-refractivity contribution >= 4 is 45.1 Å². The minimum absolute atomic E-state index is 0.0797. The average Bonchev–Trinajstić information content (AvgIpc) is 3.04. The van der Waals surface area contributed by atoms with Gasteiger partial charge in [-0.2, -0.15) is 8.78 Å². The molecule has 29 heavy (non-hydrogen) atoms. The molecule has 5 nitrogen and oxygen atoms in total. The van der Waals surface area contributed by atoms with Gasteiger partial charge in [0.15, 0.2) is 11.3 Å². The van der Waals surface area contributed by atoms with Gasteiger partial charge in [0.1, 0.15) is 5.58 Å². The van der Waals surface area contributed by atoms with Crippen molar-refractivity contribution in [3.05, 3.63) is 64.4 Å². The molecular weight excluding hydrogens is 402 g/mol. The van der Waals surface area contributed by atoms with Crippen molar-refractivity contribution < 1.29 is 22.7 Å². The number of rotatable bonds is 4. The number of benzene rings is 2. The third kappa shape index (κ3) is 3.49. The van der Waals surface area contributed by atoms with Crippen molar-refractivity contribution in [1.29, 1.82) is 0 Å². The number of amides is 1. The zero-order valence-corrected chi connectivity index (χ0v) is 16.2. The van der Waals surface area contributed by atoms with Gasteiger partial charge >= 0.3 is 6.61 Å². The van der Waals surface area contributed by atoms with E-state index in [0.29, 0.717) is 32.6 Å². The Morgan fingerprint density at radius 1 is 1.21 bits per heavy atom. The molecule has 1 amide bonds. The highest BCUT2D eigenvalue weighted by atomic mass is 35.5. The Hall–Kier alpha value is -3.19. The van der Waals surface area contributed by atoms with Gasteiger partial charge in [0, 0.05) is 23.2 Å². The van der Waals surface area contributed by atoms with Crippen LogP contribution in [0.15, 0.2) is 47.1 Å². The lowest BCUT2D eigenvalue weighted by Gasteiger charge is -2.11. The quantitative estimate of drug-likeness (QED) is 0.436. The Morgan fingerprint density at radius 2 is 2.00 bits per heavy atom. The number of aryl methyl sites for hydroxylation is 2. The maximum absolute atomic E-state index is 13.1. The van der Waals surface area contributed by atoms with E-state index in [-0.39, 0.29) is 16.9 Å². The number of fused-ring (bicyclic) bond motifs is 3. The summed E-state index contributed by atoms with van der Waals surface area (Å²) in [7, 11) is 0. The van der Waals surface area contributed by atoms with Crippen LogP contribution in [0.4, 0.5) is 14.5 Å². The molecule has 2 aromatic heterocycles. The number of carbonyl (C=O) groups excluding carboxylic acids is 1. The lowest BCUT2D eigenvalue weighted by molar-refractivity contribution is -0.0493. The van der Waals surface area contributed by atoms with Crippen LogP contribution in [0.1, 0.15) is 21.5 Å². The van der Waals surface area contributed by atoms with Crippen molar-refractivity contribution in [2.75, 3.05) is 5.32 Å². The zero-order chi connectivity index (χ0) is 20.7. The summed E-state index contributed by atoms with van der Waals surface area (Å²) in [5.74, 6) is -0.600. The molecule has 4 rings (SSSR count). The first-order valence-corrected chi connectivity index (χ1v) is 9.05. The first-order valence-electron chi connectivity index (χ1n) is 8.67. The molecule has 148 valence electrons. The second-order valence-electron chi connectivity index (χ2n) is 6.56. The van der Waals surface area contributed by atoms with Crippen LogP contribution >= 0.6 is 11.6 Å². The van der Waals surface area contributed by atoms with E-state index in [2.05, 4.69) is 15.0 Å². The average molecular weight is 417 g/mol. The second kappa shape index (κ2) is 7.33. The Labute approximate surface area is 169 Å². The number of nitrogens with zero attached hydrogens (tertiary/aromatic N) is 1. The highest BCUT2D eigenvalue weighted by molar-refractivity contribution is 6.34. The Balaban J connectivity index is 1.91. The SMILES string of the molecule is Cc1ccc2oc3c(OC(F)F)ccc(C(=O)Nc4c(C)cncc4Cl)c3c2c1. The topological polar surface area (TPSA) is 64.4 Å². The fourth-order valence-corrected chi connectivity index (χ4v) is 3.47. The fourth-order valence-electron chi connectivity index (χ4n) is 3.22. The molecule has 0 unspecified atom stereocenters. The van der Waals surface area contributed by atoms with E-state index in [0.717, 1.165) is 5.56 Å². The van der Waals surface area contributed by atoms with Gasteiger partial charge in [-0.15, -0.1) is 0 Å². The summed E-state index contributed by atoms with van der Waals surface area (Å²) in [6.07, 6.45) is 3.00. The van der Waals surface area contributed by atoms with Crippen molar-refractivity contribution in [1.82, 2.24) is 4.98 Å². The monoisotopic (exact) mass is 416 g/mol. The largest absolute Gasteiger partial charge is 0.452 e. The molecule has 0 radical (unpaired) electrons. The Kier molecular flexibility index (Phi) is 4.84. The smallest absolute Gasteiger partial charge is 0.387 e. The van der Waals surface area contributed by atoms with Gasteiger partial charge in [-0.3, -0.25) is 9.78 Å². The number of carbonyl (C=O) groups is 1. The van der Waals surface area contributed by atoms with E-state index in [9.17, 15) is 13.6 Å². The standard InChI is InChI=1S/C21H15ClF2N2O3/c1-10-3-5-15-13(7-10)17-12(4-6-16(19(17)28-15)29-21(23)24)20(27)26-18-11(2)8-25-9-14(18)22/h3-9,21H,1-2H3,(H,25,26,27). The summed E-state index contributed by atoms with van der Waals surface area (Å²) in [4.78, 5) is 17.0. The van der Waals surface area contributed by atoms with Crippen molar-refractivity contribution in [2.45, 2.75) is 20.5 Å². The second-order valence-corrected chi connectivity index (χ2v) is 6.97. The van der Waals surface area contributed by atoms with Gasteiger partial charge in [-0.1, -0.05) is 23.2 Å². The van der Waals surface area contributed by atoms with E-state index in [4.69, 9.17) is 16.0 Å². The van der Waals surface area contributed by atoms with Gasteiger partial charge in [0.05, 0.1) is 16.3 Å². The van der Waals surface area contributed by atoms with Crippen LogP contribution in [-0.2, 0) is 0 Å². The predicted octanol–water partition coefficient (Wildman–Crippen LogP) is 6.10. The molecule has 1 N–H and O–H groups in total. The van der Waals surface area contributed by atoms with Crippen LogP contribution in [0.25, 0.3) is 21.9 Å². The third-order valence-electron chi connectivity index (χ3n) is 4.53. The molecule has 0 saturated heterocycles. The number of hydrogen-bond acceptors (Lipinski definition) is 4. The molecule has 8 heteroatoms. The molecule has 0 spiro atoms. The summed E-state index contributed by atoms with van der Waals surface area (Å²) in [6, 6.07) is 8.10. The molecule has 0 aliphatic rings. The number of anilines is 1. The molecule has 0 atom stereocenters. The van der Waals surface area contributed by atoms with E-state index >= 15 is 0 Å². The lowest BCUT2D eigenvalue weighted by Crippen LogP contribution is -2.14. The number of halogens is 3. The van der Waals surface area contributed by atoms with Crippen LogP contribution in [0.3, 0.4) is 0 Å². The van der Waals surface area contributed by atoms with Gasteiger partial charge in [-0.05, 0) is 43.7 Å². The first-order chi connectivity index (χ1) is 13.8. The number of aromatic nitrogens is 1. The minimum Gasteiger partial charge on any atom is -0.452 e. The van der Waals surface area contributed by atoms with Gasteiger partial charge in [0.25, 0.3) is 5.91 Å². The number of ether oxygens (including phenoxy) is 1. The van der Waals surface area contributed by atoms with Gasteiger partial charge < -0.3 is 14.5 Å². The maximum atomic E-state index is 13.1. The normalized spacial score (nSPS) is 11.4. The number of alkyl halides is 2. The molecule has 2 heterocycles. The van der Waals surface area contributed by atoms with E-state index < -0.39 is 12.5 Å². The van der Waals surface area contributed by atoms with Crippen molar-refractivity contribution in [3.8, 4) is 5.75 Å². The fraction of sp³-hybridized carbons (Fsp3) is 0.143. The van der Waals surface area contributed by atoms with E-state index in [1.807, 2.05) is 19.1 Å². The third-order valence-corrected chi connectivity index (χ3v) is 4.81. The number of furan rings is 1. The van der Waals surface area contributed by atoms with Crippen molar-refractivity contribution in [2.24, 2.45) is 0 Å². The highest BCUT2D eigenvalue weighted by Gasteiger charge is 2.22. The Bertz CT molecular complexity index is 1230. The molecule has 0 aliphatic heterocycles. The van der Waals surface area contributed by atoms with Crippen LogP contribution in [0.2, 0.25) is 5.02 Å². The number of nitrogens with one attached hydrogen (secondary N) is 1. The highest BCUT2D eigenvalue weighted by Crippen LogP contribution is 2.38. The molecule has 0 bridgehead atoms. The van der Waals surface area contributed by atoms with Gasteiger partial charge in [0.2, 0.25) is 0 Å². The predicted molar refractivity (Wildman–Crippen MR) is 107 cm³/mol. The van der Waals surface area contributed by atoms with E-state index in [1.54, 1.807) is 19.2 Å². The number of hydrogen-bond donors (Lipinski definition) is 1. The van der Waals surface area contributed by atoms with Gasteiger partial charge in [-0.25, -0.2) is 0 Å². The molecule has 2 aromatic carbocycles. The molecule has 0 saturated carbocycles. The molecule has 0 fully saturated rings. The summed E-state index contributed by atoms with van der Waals surface area (Å²) in [5, 5.41) is 4.08. The first kappa shape index (κ1) is 19.1. The molecule has 0 aliphatic carbocycles. The molecular formula is C21H15ClF2N2O3. The van der Waals surface area contributed by atoms with E-state index in [1.165, 1.54) is 18.3 Å². The van der Waals surface area contributed by atoms with Crippen LogP contribution < -0.4 is 10.1 Å².